The Morgan fingerprint density at radius 2 is 1.66 bits per heavy atom. The molecule has 1 aliphatic rings. The first-order valence-corrected chi connectivity index (χ1v) is 10.6. The molecule has 0 radical (unpaired) electrons. The van der Waals surface area contributed by atoms with Crippen LogP contribution in [0.4, 0.5) is 0 Å². The van der Waals surface area contributed by atoms with Crippen LogP contribution < -0.4 is 15.6 Å². The number of aromatic nitrogens is 1. The van der Waals surface area contributed by atoms with Crippen molar-refractivity contribution in [2.75, 3.05) is 6.61 Å². The number of H-pyrrole nitrogens is 1. The molecule has 158 valence electrons. The average Bonchev–Trinajstić information content (AvgIpc) is 3.31. The highest BCUT2D eigenvalue weighted by Crippen LogP contribution is 2.30. The second kappa shape index (κ2) is 8.55. The van der Waals surface area contributed by atoms with E-state index in [4.69, 9.17) is 4.74 Å². The summed E-state index contributed by atoms with van der Waals surface area (Å²) in [5, 5.41) is 2.83. The van der Waals surface area contributed by atoms with Gasteiger partial charge in [-0.3, -0.25) is 9.59 Å². The highest BCUT2D eigenvalue weighted by molar-refractivity contribution is 5.94. The van der Waals surface area contributed by atoms with Gasteiger partial charge in [0.05, 0.1) is 6.61 Å². The maximum Gasteiger partial charge on any atom is 0.261 e. The Hall–Kier alpha value is -4.12. The fourth-order valence-corrected chi connectivity index (χ4v) is 3.90. The van der Waals surface area contributed by atoms with Gasteiger partial charge in [0.2, 0.25) is 0 Å². The Bertz CT molecular complexity index is 1330. The zero-order valence-corrected chi connectivity index (χ0v) is 17.4. The monoisotopic (exact) mass is 422 g/mol. The molecule has 0 atom stereocenters. The van der Waals surface area contributed by atoms with Gasteiger partial charge in [-0.25, -0.2) is 0 Å². The lowest BCUT2D eigenvalue weighted by Gasteiger charge is -2.08. The van der Waals surface area contributed by atoms with E-state index in [0.717, 1.165) is 41.0 Å². The quantitative estimate of drug-likeness (QED) is 0.495. The summed E-state index contributed by atoms with van der Waals surface area (Å²) in [6, 6.07) is 27.2. The molecule has 0 fully saturated rings. The predicted molar refractivity (Wildman–Crippen MR) is 125 cm³/mol. The van der Waals surface area contributed by atoms with Crippen molar-refractivity contribution in [2.45, 2.75) is 13.0 Å². The number of rotatable bonds is 5. The van der Waals surface area contributed by atoms with E-state index in [1.165, 1.54) is 5.56 Å². The van der Waals surface area contributed by atoms with Crippen LogP contribution in [-0.2, 0) is 13.0 Å². The van der Waals surface area contributed by atoms with E-state index in [1.54, 1.807) is 12.1 Å². The van der Waals surface area contributed by atoms with Crippen molar-refractivity contribution >= 4 is 5.91 Å². The van der Waals surface area contributed by atoms with Gasteiger partial charge in [0.25, 0.3) is 11.5 Å². The van der Waals surface area contributed by atoms with E-state index < -0.39 is 11.5 Å². The largest absolute Gasteiger partial charge is 0.493 e. The summed E-state index contributed by atoms with van der Waals surface area (Å²) >= 11 is 0. The molecule has 1 amide bonds. The van der Waals surface area contributed by atoms with Crippen LogP contribution in [0.15, 0.2) is 89.7 Å². The number of pyridine rings is 1. The number of nitrogens with one attached hydrogen (secondary N) is 2. The van der Waals surface area contributed by atoms with Crippen LogP contribution in [0.5, 0.6) is 5.75 Å². The predicted octanol–water partition coefficient (Wildman–Crippen LogP) is 4.57. The second-order valence-corrected chi connectivity index (χ2v) is 7.78. The summed E-state index contributed by atoms with van der Waals surface area (Å²) in [7, 11) is 0. The fraction of sp³-hybridized carbons (Fsp3) is 0.111. The number of carbonyl (C=O) groups is 1. The fourth-order valence-electron chi connectivity index (χ4n) is 3.90. The summed E-state index contributed by atoms with van der Waals surface area (Å²) in [4.78, 5) is 27.8. The molecule has 5 heteroatoms. The summed E-state index contributed by atoms with van der Waals surface area (Å²) < 4.78 is 5.57. The van der Waals surface area contributed by atoms with Gasteiger partial charge in [-0.2, -0.15) is 0 Å². The van der Waals surface area contributed by atoms with Crippen molar-refractivity contribution < 1.29 is 9.53 Å². The van der Waals surface area contributed by atoms with E-state index in [-0.39, 0.29) is 5.56 Å². The van der Waals surface area contributed by atoms with Crippen molar-refractivity contribution in [3.05, 3.63) is 112 Å². The van der Waals surface area contributed by atoms with E-state index in [1.807, 2.05) is 60.7 Å². The van der Waals surface area contributed by atoms with Gasteiger partial charge in [0, 0.05) is 18.7 Å². The van der Waals surface area contributed by atoms with Crippen molar-refractivity contribution in [1.82, 2.24) is 10.3 Å². The molecule has 1 aromatic heterocycles. The first-order chi connectivity index (χ1) is 15.7. The van der Waals surface area contributed by atoms with Gasteiger partial charge >= 0.3 is 0 Å². The third-order valence-corrected chi connectivity index (χ3v) is 5.67. The number of ether oxygens (including phenoxy) is 1. The first-order valence-electron chi connectivity index (χ1n) is 10.6. The molecule has 2 N–H and O–H groups in total. The van der Waals surface area contributed by atoms with Gasteiger partial charge in [0.15, 0.2) is 0 Å². The van der Waals surface area contributed by atoms with Crippen molar-refractivity contribution in [2.24, 2.45) is 0 Å². The molecular formula is C27H22N2O3. The molecule has 0 saturated carbocycles. The summed E-state index contributed by atoms with van der Waals surface area (Å²) in [5.74, 6) is 0.577. The molecule has 0 saturated heterocycles. The minimum atomic E-state index is -0.403. The molecule has 0 unspecified atom stereocenters. The standard InChI is InChI=1S/C27H22N2O3/c30-26(23-11-12-24(29-27(23)31)20-4-2-1-3-5-20)28-17-18-6-8-19(9-7-18)21-10-13-25-22(16-21)14-15-32-25/h1-13,16H,14-15,17H2,(H,28,30)(H,29,31). The Morgan fingerprint density at radius 1 is 0.875 bits per heavy atom. The summed E-state index contributed by atoms with van der Waals surface area (Å²) in [6.07, 6.45) is 0.943. The number of amides is 1. The van der Waals surface area contributed by atoms with E-state index in [2.05, 4.69) is 22.4 Å². The van der Waals surface area contributed by atoms with Crippen molar-refractivity contribution in [1.29, 1.82) is 0 Å². The molecule has 2 heterocycles. The lowest BCUT2D eigenvalue weighted by Crippen LogP contribution is -2.29. The average molecular weight is 422 g/mol. The van der Waals surface area contributed by atoms with Gasteiger partial charge in [-0.05, 0) is 52.1 Å². The lowest BCUT2D eigenvalue weighted by molar-refractivity contribution is 0.0949. The molecule has 0 bridgehead atoms. The van der Waals surface area contributed by atoms with Crippen molar-refractivity contribution in [3.63, 3.8) is 0 Å². The minimum absolute atomic E-state index is 0.0988. The van der Waals surface area contributed by atoms with Crippen LogP contribution in [0, 0.1) is 0 Å². The van der Waals surface area contributed by atoms with Gasteiger partial charge in [-0.15, -0.1) is 0 Å². The Labute approximate surface area is 185 Å². The minimum Gasteiger partial charge on any atom is -0.493 e. The Balaban J connectivity index is 1.25. The lowest BCUT2D eigenvalue weighted by atomic mass is 10.0. The van der Waals surface area contributed by atoms with Crippen LogP contribution in [0.1, 0.15) is 21.5 Å². The van der Waals surface area contributed by atoms with Crippen LogP contribution >= 0.6 is 0 Å². The SMILES string of the molecule is O=C(NCc1ccc(-c2ccc3c(c2)CCO3)cc1)c1ccc(-c2ccccc2)[nH]c1=O. The number of hydrogen-bond acceptors (Lipinski definition) is 3. The highest BCUT2D eigenvalue weighted by atomic mass is 16.5. The van der Waals surface area contributed by atoms with Gasteiger partial charge < -0.3 is 15.0 Å². The van der Waals surface area contributed by atoms with E-state index >= 15 is 0 Å². The maximum atomic E-state index is 12.5. The molecule has 0 aliphatic carbocycles. The van der Waals surface area contributed by atoms with Crippen LogP contribution in [0.3, 0.4) is 0 Å². The van der Waals surface area contributed by atoms with Crippen molar-refractivity contribution in [3.8, 4) is 28.1 Å². The number of benzene rings is 3. The van der Waals surface area contributed by atoms with E-state index in [0.29, 0.717) is 12.2 Å². The molecule has 1 aliphatic heterocycles. The maximum absolute atomic E-state index is 12.5. The Kier molecular flexibility index (Phi) is 5.30. The number of carbonyl (C=O) groups excluding carboxylic acids is 1. The third-order valence-electron chi connectivity index (χ3n) is 5.67. The molecular weight excluding hydrogens is 400 g/mol. The topological polar surface area (TPSA) is 71.2 Å². The smallest absolute Gasteiger partial charge is 0.261 e. The molecule has 4 aromatic rings. The highest BCUT2D eigenvalue weighted by Gasteiger charge is 2.13. The summed E-state index contributed by atoms with van der Waals surface area (Å²) in [6.45, 7) is 1.09. The van der Waals surface area contributed by atoms with Crippen LogP contribution in [0.25, 0.3) is 22.4 Å². The van der Waals surface area contributed by atoms with Crippen LogP contribution in [0.2, 0.25) is 0 Å². The zero-order valence-electron chi connectivity index (χ0n) is 17.4. The molecule has 5 nitrogen and oxygen atoms in total. The molecule has 3 aromatic carbocycles. The molecule has 5 rings (SSSR count). The zero-order chi connectivity index (χ0) is 21.9. The molecule has 0 spiro atoms. The van der Waals surface area contributed by atoms with Gasteiger partial charge in [-0.1, -0.05) is 60.7 Å². The third kappa shape index (κ3) is 4.05. The summed E-state index contributed by atoms with van der Waals surface area (Å²) in [5.41, 5.74) is 5.73. The number of aromatic amines is 1. The number of hydrogen-bond donors (Lipinski definition) is 2. The van der Waals surface area contributed by atoms with E-state index in [9.17, 15) is 9.59 Å². The Morgan fingerprint density at radius 3 is 2.44 bits per heavy atom. The van der Waals surface area contributed by atoms with Gasteiger partial charge in [0.1, 0.15) is 11.3 Å². The normalized spacial score (nSPS) is 12.1. The van der Waals surface area contributed by atoms with Crippen LogP contribution in [-0.4, -0.2) is 17.5 Å². The number of fused-ring (bicyclic) bond motifs is 1. The second-order valence-electron chi connectivity index (χ2n) is 7.78. The molecule has 32 heavy (non-hydrogen) atoms. The first kappa shape index (κ1) is 19.8.